The molecule has 0 N–H and O–H groups in total. The van der Waals surface area contributed by atoms with Crippen LogP contribution in [0.3, 0.4) is 0 Å². The lowest BCUT2D eigenvalue weighted by atomic mass is 10.1. The van der Waals surface area contributed by atoms with Gasteiger partial charge in [-0.3, -0.25) is 14.4 Å². The second-order valence-corrected chi connectivity index (χ2v) is 2.59. The lowest BCUT2D eigenvalue weighted by Crippen LogP contribution is -2.31. The van der Waals surface area contributed by atoms with Gasteiger partial charge >= 0.3 is 0 Å². The highest BCUT2D eigenvalue weighted by Gasteiger charge is 2.36. The predicted molar refractivity (Wildman–Crippen MR) is 37.7 cm³/mol. The molecule has 0 bridgehead atoms. The third-order valence-electron chi connectivity index (χ3n) is 1.60. The first-order valence-electron chi connectivity index (χ1n) is 3.60. The number of carbonyl (C=O) groups excluding carboxylic acids is 3. The highest BCUT2D eigenvalue weighted by atomic mass is 16.7. The SMILES string of the molecule is CC1CC(=O)N(OCC=O)C1=O. The topological polar surface area (TPSA) is 63.7 Å². The summed E-state index contributed by atoms with van der Waals surface area (Å²) in [5.41, 5.74) is 0. The van der Waals surface area contributed by atoms with Crippen LogP contribution in [0, 0.1) is 5.92 Å². The Morgan fingerprint density at radius 1 is 1.67 bits per heavy atom. The summed E-state index contributed by atoms with van der Waals surface area (Å²) in [6, 6.07) is 0. The molecule has 1 saturated heterocycles. The summed E-state index contributed by atoms with van der Waals surface area (Å²) >= 11 is 0. The Labute approximate surface area is 69.2 Å². The van der Waals surface area contributed by atoms with Crippen LogP contribution in [0.2, 0.25) is 0 Å². The smallest absolute Gasteiger partial charge is 0.256 e. The van der Waals surface area contributed by atoms with Crippen LogP contribution >= 0.6 is 0 Å². The van der Waals surface area contributed by atoms with E-state index in [9.17, 15) is 14.4 Å². The number of hydrogen-bond donors (Lipinski definition) is 0. The minimum Gasteiger partial charge on any atom is -0.301 e. The van der Waals surface area contributed by atoms with Gasteiger partial charge in [0.2, 0.25) is 0 Å². The lowest BCUT2D eigenvalue weighted by molar-refractivity contribution is -0.187. The summed E-state index contributed by atoms with van der Waals surface area (Å²) in [5.74, 6) is -1.08. The van der Waals surface area contributed by atoms with E-state index in [1.807, 2.05) is 0 Å². The Bertz CT molecular complexity index is 225. The second kappa shape index (κ2) is 3.44. The van der Waals surface area contributed by atoms with Crippen LogP contribution < -0.4 is 0 Å². The van der Waals surface area contributed by atoms with Crippen molar-refractivity contribution in [2.75, 3.05) is 6.61 Å². The van der Waals surface area contributed by atoms with Crippen LogP contribution in [0.25, 0.3) is 0 Å². The van der Waals surface area contributed by atoms with E-state index < -0.39 is 0 Å². The van der Waals surface area contributed by atoms with Crippen molar-refractivity contribution < 1.29 is 19.2 Å². The molecule has 1 atom stereocenters. The summed E-state index contributed by atoms with van der Waals surface area (Å²) in [6.07, 6.45) is 0.654. The largest absolute Gasteiger partial charge is 0.301 e. The van der Waals surface area contributed by atoms with Crippen molar-refractivity contribution >= 4 is 18.1 Å². The quantitative estimate of drug-likeness (QED) is 0.424. The monoisotopic (exact) mass is 171 g/mol. The molecule has 0 aliphatic carbocycles. The molecule has 1 rings (SSSR count). The van der Waals surface area contributed by atoms with Crippen LogP contribution in [0.4, 0.5) is 0 Å². The van der Waals surface area contributed by atoms with E-state index >= 15 is 0 Å². The van der Waals surface area contributed by atoms with Crippen molar-refractivity contribution in [2.24, 2.45) is 5.92 Å². The third kappa shape index (κ3) is 1.50. The van der Waals surface area contributed by atoms with Gasteiger partial charge in [-0.2, -0.15) is 5.06 Å². The Morgan fingerprint density at radius 3 is 2.75 bits per heavy atom. The van der Waals surface area contributed by atoms with Gasteiger partial charge in [0.15, 0.2) is 0 Å². The minimum absolute atomic E-state index is 0.164. The number of amides is 2. The maximum atomic E-state index is 11.1. The van der Waals surface area contributed by atoms with E-state index in [1.165, 1.54) is 0 Å². The van der Waals surface area contributed by atoms with Gasteiger partial charge in [-0.25, -0.2) is 0 Å². The molecule has 0 saturated carbocycles. The minimum atomic E-state index is -0.380. The first kappa shape index (κ1) is 8.86. The highest BCUT2D eigenvalue weighted by Crippen LogP contribution is 2.18. The number of hydrogen-bond acceptors (Lipinski definition) is 4. The van der Waals surface area contributed by atoms with E-state index in [0.29, 0.717) is 11.3 Å². The molecule has 1 fully saturated rings. The Kier molecular flexibility index (Phi) is 2.54. The van der Waals surface area contributed by atoms with Crippen LogP contribution in [-0.4, -0.2) is 29.8 Å². The summed E-state index contributed by atoms with van der Waals surface area (Å²) in [6.45, 7) is 1.38. The number of hydroxylamine groups is 2. The summed E-state index contributed by atoms with van der Waals surface area (Å²) < 4.78 is 0. The Morgan fingerprint density at radius 2 is 2.33 bits per heavy atom. The zero-order valence-corrected chi connectivity index (χ0v) is 6.65. The molecule has 0 radical (unpaired) electrons. The molecule has 66 valence electrons. The van der Waals surface area contributed by atoms with Crippen molar-refractivity contribution in [2.45, 2.75) is 13.3 Å². The molecule has 0 aromatic heterocycles. The molecule has 12 heavy (non-hydrogen) atoms. The van der Waals surface area contributed by atoms with E-state index in [0.717, 1.165) is 0 Å². The Hall–Kier alpha value is -1.23. The predicted octanol–water partition coefficient (Wildman–Crippen LogP) is -0.488. The number of nitrogens with zero attached hydrogens (tertiary/aromatic N) is 1. The van der Waals surface area contributed by atoms with Crippen LogP contribution in [0.5, 0.6) is 0 Å². The molecule has 2 amide bonds. The molecule has 5 nitrogen and oxygen atoms in total. The fourth-order valence-electron chi connectivity index (χ4n) is 0.996. The third-order valence-corrected chi connectivity index (χ3v) is 1.60. The summed E-state index contributed by atoms with van der Waals surface area (Å²) in [4.78, 5) is 36.5. The molecule has 1 aliphatic heterocycles. The molecule has 5 heteroatoms. The first-order valence-corrected chi connectivity index (χ1v) is 3.60. The summed E-state index contributed by atoms with van der Waals surface area (Å²) in [7, 11) is 0. The number of imide groups is 1. The van der Waals surface area contributed by atoms with Gasteiger partial charge in [-0.15, -0.1) is 0 Å². The molecule has 0 spiro atoms. The molecule has 1 unspecified atom stereocenters. The molecular formula is C7H9NO4. The van der Waals surface area contributed by atoms with Gasteiger partial charge in [0, 0.05) is 12.3 Å². The van der Waals surface area contributed by atoms with Crippen LogP contribution in [0.15, 0.2) is 0 Å². The van der Waals surface area contributed by atoms with Gasteiger partial charge in [0.25, 0.3) is 11.8 Å². The highest BCUT2D eigenvalue weighted by molar-refractivity contribution is 6.02. The lowest BCUT2D eigenvalue weighted by Gasteiger charge is -2.10. The average Bonchev–Trinajstić information content (AvgIpc) is 2.25. The Balaban J connectivity index is 2.57. The van der Waals surface area contributed by atoms with Crippen molar-refractivity contribution in [3.8, 4) is 0 Å². The van der Waals surface area contributed by atoms with E-state index in [4.69, 9.17) is 0 Å². The maximum Gasteiger partial charge on any atom is 0.256 e. The number of carbonyl (C=O) groups is 3. The molecular weight excluding hydrogens is 162 g/mol. The van der Waals surface area contributed by atoms with Gasteiger partial charge in [0.05, 0.1) is 0 Å². The van der Waals surface area contributed by atoms with E-state index in [-0.39, 0.29) is 30.8 Å². The molecule has 0 aromatic rings. The number of rotatable bonds is 3. The van der Waals surface area contributed by atoms with Crippen molar-refractivity contribution in [3.63, 3.8) is 0 Å². The fraction of sp³-hybridized carbons (Fsp3) is 0.571. The zero-order valence-electron chi connectivity index (χ0n) is 6.65. The van der Waals surface area contributed by atoms with Crippen molar-refractivity contribution in [1.29, 1.82) is 0 Å². The second-order valence-electron chi connectivity index (χ2n) is 2.59. The number of aldehydes is 1. The van der Waals surface area contributed by atoms with Crippen LogP contribution in [0.1, 0.15) is 13.3 Å². The van der Waals surface area contributed by atoms with Crippen molar-refractivity contribution in [1.82, 2.24) is 5.06 Å². The van der Waals surface area contributed by atoms with Crippen molar-refractivity contribution in [3.05, 3.63) is 0 Å². The van der Waals surface area contributed by atoms with Gasteiger partial charge in [-0.1, -0.05) is 6.92 Å². The fourth-order valence-corrected chi connectivity index (χ4v) is 0.996. The van der Waals surface area contributed by atoms with Gasteiger partial charge in [0.1, 0.15) is 12.9 Å². The normalized spacial score (nSPS) is 23.4. The maximum absolute atomic E-state index is 11.1. The summed E-state index contributed by atoms with van der Waals surface area (Å²) in [5, 5.41) is 0.666. The van der Waals surface area contributed by atoms with E-state index in [1.54, 1.807) is 6.92 Å². The van der Waals surface area contributed by atoms with Gasteiger partial charge < -0.3 is 4.79 Å². The zero-order chi connectivity index (χ0) is 9.14. The molecule has 0 aromatic carbocycles. The standard InChI is InChI=1S/C7H9NO4/c1-5-4-6(10)8(7(5)11)12-3-2-9/h2,5H,3-4H2,1H3. The van der Waals surface area contributed by atoms with E-state index in [2.05, 4.69) is 4.84 Å². The first-order chi connectivity index (χ1) is 5.66. The van der Waals surface area contributed by atoms with Crippen LogP contribution in [-0.2, 0) is 19.2 Å². The average molecular weight is 171 g/mol. The molecule has 1 aliphatic rings. The molecule has 1 heterocycles. The van der Waals surface area contributed by atoms with Gasteiger partial charge in [-0.05, 0) is 0 Å².